The van der Waals surface area contributed by atoms with Gasteiger partial charge in [0.1, 0.15) is 6.10 Å². The first-order chi connectivity index (χ1) is 8.80. The largest absolute Gasteiger partial charge is 0.382 e. The molecule has 0 saturated carbocycles. The lowest BCUT2D eigenvalue weighted by Gasteiger charge is -2.15. The first-order valence-corrected chi connectivity index (χ1v) is 7.38. The fourth-order valence-electron chi connectivity index (χ4n) is 1.99. The number of hydrogen-bond acceptors (Lipinski definition) is 3. The normalized spacial score (nSPS) is 13.6. The first kappa shape index (κ1) is 14.2. The second kappa shape index (κ2) is 5.06. The van der Waals surface area contributed by atoms with Crippen LogP contribution in [0.15, 0.2) is 23.6 Å². The summed E-state index contributed by atoms with van der Waals surface area (Å²) in [5.74, 6) is 0. The van der Waals surface area contributed by atoms with Crippen molar-refractivity contribution >= 4 is 11.3 Å². The SMILES string of the molecule is Cc1cccc(C(O)c2csc(C(C)(C)C)n2)c1C. The molecule has 1 aromatic heterocycles. The molecule has 19 heavy (non-hydrogen) atoms. The van der Waals surface area contributed by atoms with Crippen LogP contribution in [0.2, 0.25) is 0 Å². The van der Waals surface area contributed by atoms with Crippen LogP contribution in [0.4, 0.5) is 0 Å². The van der Waals surface area contributed by atoms with E-state index in [0.29, 0.717) is 0 Å². The van der Waals surface area contributed by atoms with Crippen molar-refractivity contribution in [2.45, 2.75) is 46.1 Å². The van der Waals surface area contributed by atoms with Gasteiger partial charge < -0.3 is 5.11 Å². The molecule has 2 rings (SSSR count). The van der Waals surface area contributed by atoms with Crippen molar-refractivity contribution in [3.05, 3.63) is 51.0 Å². The number of nitrogens with zero attached hydrogens (tertiary/aromatic N) is 1. The third-order valence-corrected chi connectivity index (χ3v) is 4.67. The van der Waals surface area contributed by atoms with Crippen molar-refractivity contribution in [1.29, 1.82) is 0 Å². The summed E-state index contributed by atoms with van der Waals surface area (Å²) >= 11 is 1.62. The van der Waals surface area contributed by atoms with Crippen molar-refractivity contribution < 1.29 is 5.11 Å². The predicted molar refractivity (Wildman–Crippen MR) is 80.8 cm³/mol. The lowest BCUT2D eigenvalue weighted by atomic mass is 9.97. The molecule has 3 heteroatoms. The van der Waals surface area contributed by atoms with Crippen LogP contribution in [-0.4, -0.2) is 10.1 Å². The van der Waals surface area contributed by atoms with Gasteiger partial charge in [0, 0.05) is 10.8 Å². The van der Waals surface area contributed by atoms with E-state index in [2.05, 4.69) is 38.7 Å². The van der Waals surface area contributed by atoms with Gasteiger partial charge in [-0.25, -0.2) is 4.98 Å². The summed E-state index contributed by atoms with van der Waals surface area (Å²) in [6.07, 6.45) is -0.632. The summed E-state index contributed by atoms with van der Waals surface area (Å²) in [6, 6.07) is 6.02. The van der Waals surface area contributed by atoms with Gasteiger partial charge in [0.25, 0.3) is 0 Å². The lowest BCUT2D eigenvalue weighted by molar-refractivity contribution is 0.215. The van der Waals surface area contributed by atoms with E-state index >= 15 is 0 Å². The number of aromatic nitrogens is 1. The van der Waals surface area contributed by atoms with Gasteiger partial charge in [0.05, 0.1) is 10.7 Å². The molecule has 0 amide bonds. The van der Waals surface area contributed by atoms with E-state index < -0.39 is 6.10 Å². The maximum absolute atomic E-state index is 10.5. The van der Waals surface area contributed by atoms with Gasteiger partial charge >= 0.3 is 0 Å². The summed E-state index contributed by atoms with van der Waals surface area (Å²) in [5, 5.41) is 13.5. The van der Waals surface area contributed by atoms with Gasteiger partial charge in [0.15, 0.2) is 0 Å². The van der Waals surface area contributed by atoms with E-state index in [1.807, 2.05) is 24.4 Å². The minimum absolute atomic E-state index is 0.0320. The summed E-state index contributed by atoms with van der Waals surface area (Å²) < 4.78 is 0. The highest BCUT2D eigenvalue weighted by atomic mass is 32.1. The number of thiazole rings is 1. The van der Waals surface area contributed by atoms with Crippen LogP contribution < -0.4 is 0 Å². The third-order valence-electron chi connectivity index (χ3n) is 3.38. The highest BCUT2D eigenvalue weighted by Gasteiger charge is 2.22. The second-order valence-electron chi connectivity index (χ2n) is 6.02. The van der Waals surface area contributed by atoms with Crippen molar-refractivity contribution in [2.75, 3.05) is 0 Å². The van der Waals surface area contributed by atoms with E-state index in [1.54, 1.807) is 11.3 Å². The zero-order chi connectivity index (χ0) is 14.2. The lowest BCUT2D eigenvalue weighted by Crippen LogP contribution is -2.11. The number of rotatable bonds is 2. The van der Waals surface area contributed by atoms with Crippen molar-refractivity contribution in [3.63, 3.8) is 0 Å². The van der Waals surface area contributed by atoms with Crippen LogP contribution in [0.3, 0.4) is 0 Å². The van der Waals surface area contributed by atoms with Gasteiger partial charge in [-0.2, -0.15) is 0 Å². The van der Waals surface area contributed by atoms with E-state index in [4.69, 9.17) is 0 Å². The summed E-state index contributed by atoms with van der Waals surface area (Å²) in [7, 11) is 0. The van der Waals surface area contributed by atoms with Crippen LogP contribution in [0.1, 0.15) is 54.3 Å². The molecule has 1 aromatic carbocycles. The van der Waals surface area contributed by atoms with Crippen LogP contribution in [0, 0.1) is 13.8 Å². The topological polar surface area (TPSA) is 33.1 Å². The molecule has 1 unspecified atom stereocenters. The van der Waals surface area contributed by atoms with Crippen molar-refractivity contribution in [1.82, 2.24) is 4.98 Å². The summed E-state index contributed by atoms with van der Waals surface area (Å²) in [6.45, 7) is 10.5. The van der Waals surface area contributed by atoms with Crippen LogP contribution in [0.5, 0.6) is 0 Å². The molecule has 1 heterocycles. The molecular weight excluding hydrogens is 254 g/mol. The smallest absolute Gasteiger partial charge is 0.122 e. The number of benzene rings is 1. The fourth-order valence-corrected chi connectivity index (χ4v) is 2.91. The maximum atomic E-state index is 10.5. The molecule has 0 fully saturated rings. The second-order valence-corrected chi connectivity index (χ2v) is 6.88. The Balaban J connectivity index is 2.37. The summed E-state index contributed by atoms with van der Waals surface area (Å²) in [4.78, 5) is 4.60. The Morgan fingerprint density at radius 3 is 2.47 bits per heavy atom. The predicted octanol–water partition coefficient (Wildman–Crippen LogP) is 4.14. The highest BCUT2D eigenvalue weighted by molar-refractivity contribution is 7.09. The van der Waals surface area contributed by atoms with E-state index in [9.17, 15) is 5.11 Å². The Morgan fingerprint density at radius 1 is 1.21 bits per heavy atom. The van der Waals surface area contributed by atoms with E-state index in [0.717, 1.165) is 21.8 Å². The zero-order valence-corrected chi connectivity index (χ0v) is 13.0. The molecule has 0 bridgehead atoms. The Bertz CT molecular complexity index is 581. The fraction of sp³-hybridized carbons (Fsp3) is 0.438. The van der Waals surface area contributed by atoms with Gasteiger partial charge in [0.2, 0.25) is 0 Å². The molecular formula is C16H21NOS. The van der Waals surface area contributed by atoms with Gasteiger partial charge in [-0.05, 0) is 30.5 Å². The molecule has 2 aromatic rings. The van der Waals surface area contributed by atoms with E-state index in [-0.39, 0.29) is 5.41 Å². The molecule has 1 atom stereocenters. The highest BCUT2D eigenvalue weighted by Crippen LogP contribution is 2.31. The maximum Gasteiger partial charge on any atom is 0.122 e. The summed E-state index contributed by atoms with van der Waals surface area (Å²) in [5.41, 5.74) is 4.07. The Labute approximate surface area is 119 Å². The Morgan fingerprint density at radius 2 is 1.89 bits per heavy atom. The molecule has 0 aliphatic rings. The molecule has 0 spiro atoms. The molecule has 102 valence electrons. The number of hydrogen-bond donors (Lipinski definition) is 1. The standard InChI is InChI=1S/C16H21NOS/c1-10-7-6-8-12(11(10)2)14(18)13-9-19-15(17-13)16(3,4)5/h6-9,14,18H,1-5H3. The van der Waals surface area contributed by atoms with E-state index in [1.165, 1.54) is 5.56 Å². The van der Waals surface area contributed by atoms with Gasteiger partial charge in [-0.15, -0.1) is 11.3 Å². The molecule has 1 N–H and O–H groups in total. The molecule has 0 aliphatic heterocycles. The minimum atomic E-state index is -0.632. The van der Waals surface area contributed by atoms with Crippen molar-refractivity contribution in [3.8, 4) is 0 Å². The Kier molecular flexibility index (Phi) is 3.79. The monoisotopic (exact) mass is 275 g/mol. The van der Waals surface area contributed by atoms with Gasteiger partial charge in [-0.1, -0.05) is 39.0 Å². The number of aryl methyl sites for hydroxylation is 1. The van der Waals surface area contributed by atoms with Crippen LogP contribution >= 0.6 is 11.3 Å². The first-order valence-electron chi connectivity index (χ1n) is 6.51. The third kappa shape index (κ3) is 2.88. The molecule has 0 aliphatic carbocycles. The van der Waals surface area contributed by atoms with Crippen LogP contribution in [0.25, 0.3) is 0 Å². The number of aliphatic hydroxyl groups excluding tert-OH is 1. The average Bonchev–Trinajstić information content (AvgIpc) is 2.81. The quantitative estimate of drug-likeness (QED) is 0.893. The van der Waals surface area contributed by atoms with Crippen LogP contribution in [-0.2, 0) is 5.41 Å². The minimum Gasteiger partial charge on any atom is -0.382 e. The molecule has 0 radical (unpaired) electrons. The molecule has 0 saturated heterocycles. The zero-order valence-electron chi connectivity index (χ0n) is 12.2. The van der Waals surface area contributed by atoms with Crippen molar-refractivity contribution in [2.24, 2.45) is 0 Å². The van der Waals surface area contributed by atoms with Gasteiger partial charge in [-0.3, -0.25) is 0 Å². The molecule has 2 nitrogen and oxygen atoms in total. The average molecular weight is 275 g/mol. The number of aliphatic hydroxyl groups is 1. The Hall–Kier alpha value is -1.19.